The fraction of sp³-hybridized carbons (Fsp3) is 0.100. The Hall–Kier alpha value is -1.97. The van der Waals surface area contributed by atoms with E-state index < -0.39 is 0 Å². The van der Waals surface area contributed by atoms with Crippen molar-refractivity contribution in [1.29, 1.82) is 0 Å². The van der Waals surface area contributed by atoms with Gasteiger partial charge in [-0.05, 0) is 18.6 Å². The van der Waals surface area contributed by atoms with E-state index in [-0.39, 0.29) is 0 Å². The van der Waals surface area contributed by atoms with Crippen LogP contribution in [0.2, 0.25) is 0 Å². The zero-order chi connectivity index (χ0) is 9.97. The van der Waals surface area contributed by atoms with Crippen LogP contribution in [0.25, 0.3) is 17.6 Å². The molecule has 0 bridgehead atoms. The Labute approximate surface area is 81.7 Å². The third-order valence-corrected chi connectivity index (χ3v) is 1.86. The largest absolute Gasteiger partial charge is 0.258 e. The predicted molar refractivity (Wildman–Crippen MR) is 54.4 cm³/mol. The molecule has 0 fully saturated rings. The minimum absolute atomic E-state index is 0.693. The molecular formula is C10H10N4. The highest BCUT2D eigenvalue weighted by Crippen LogP contribution is 2.11. The highest BCUT2D eigenvalue weighted by molar-refractivity contribution is 5.53. The first-order valence-corrected chi connectivity index (χ1v) is 4.27. The number of pyridine rings is 1. The van der Waals surface area contributed by atoms with Crippen molar-refractivity contribution in [3.05, 3.63) is 36.3 Å². The first kappa shape index (κ1) is 8.62. The molecular weight excluding hydrogens is 176 g/mol. The number of nitrogens with zero attached hydrogens (tertiary/aromatic N) is 3. The number of aromatic amines is 1. The molecule has 0 unspecified atom stereocenters. The normalized spacial score (nSPS) is 10.1. The van der Waals surface area contributed by atoms with E-state index in [9.17, 15) is 0 Å². The summed E-state index contributed by atoms with van der Waals surface area (Å²) in [5.41, 5.74) is 1.78. The molecule has 4 heteroatoms. The van der Waals surface area contributed by atoms with Gasteiger partial charge in [-0.25, -0.2) is 4.98 Å². The Morgan fingerprint density at radius 1 is 1.43 bits per heavy atom. The number of H-pyrrole nitrogens is 1. The molecule has 0 aliphatic heterocycles. The number of rotatable bonds is 2. The van der Waals surface area contributed by atoms with E-state index in [2.05, 4.69) is 26.7 Å². The van der Waals surface area contributed by atoms with Crippen molar-refractivity contribution in [2.24, 2.45) is 0 Å². The van der Waals surface area contributed by atoms with Crippen LogP contribution in [0.3, 0.4) is 0 Å². The van der Waals surface area contributed by atoms with Gasteiger partial charge in [0, 0.05) is 6.20 Å². The average molecular weight is 186 g/mol. The Morgan fingerprint density at radius 3 is 2.79 bits per heavy atom. The van der Waals surface area contributed by atoms with Crippen molar-refractivity contribution in [3.8, 4) is 11.5 Å². The lowest BCUT2D eigenvalue weighted by molar-refractivity contribution is 1.04. The van der Waals surface area contributed by atoms with E-state index in [4.69, 9.17) is 0 Å². The van der Waals surface area contributed by atoms with Gasteiger partial charge in [0.25, 0.3) is 0 Å². The standard InChI is InChI=1S/C10H10N4/c1-3-8-4-5-9(11-6-8)10-12-7(2)13-14-10/h3-6H,1H2,2H3,(H,12,13,14). The topological polar surface area (TPSA) is 54.5 Å². The van der Waals surface area contributed by atoms with Gasteiger partial charge in [0.15, 0.2) is 5.82 Å². The maximum absolute atomic E-state index is 4.23. The van der Waals surface area contributed by atoms with Crippen molar-refractivity contribution >= 4 is 6.08 Å². The van der Waals surface area contributed by atoms with E-state index in [1.807, 2.05) is 19.1 Å². The number of hydrogen-bond acceptors (Lipinski definition) is 3. The number of nitrogens with one attached hydrogen (secondary N) is 1. The van der Waals surface area contributed by atoms with Crippen LogP contribution < -0.4 is 0 Å². The fourth-order valence-corrected chi connectivity index (χ4v) is 1.13. The Balaban J connectivity index is 2.38. The van der Waals surface area contributed by atoms with Crippen molar-refractivity contribution < 1.29 is 0 Å². The van der Waals surface area contributed by atoms with Crippen molar-refractivity contribution in [2.45, 2.75) is 6.92 Å². The summed E-state index contributed by atoms with van der Waals surface area (Å²) in [5, 5.41) is 6.75. The summed E-state index contributed by atoms with van der Waals surface area (Å²) in [7, 11) is 0. The molecule has 2 rings (SSSR count). The molecule has 4 nitrogen and oxygen atoms in total. The summed E-state index contributed by atoms with van der Waals surface area (Å²) >= 11 is 0. The second-order valence-corrected chi connectivity index (χ2v) is 2.91. The fourth-order valence-electron chi connectivity index (χ4n) is 1.13. The van der Waals surface area contributed by atoms with Crippen LogP contribution in [-0.4, -0.2) is 20.2 Å². The second-order valence-electron chi connectivity index (χ2n) is 2.91. The van der Waals surface area contributed by atoms with Crippen molar-refractivity contribution in [2.75, 3.05) is 0 Å². The quantitative estimate of drug-likeness (QED) is 0.778. The Kier molecular flexibility index (Phi) is 2.10. The summed E-state index contributed by atoms with van der Waals surface area (Å²) in [6.07, 6.45) is 3.50. The van der Waals surface area contributed by atoms with E-state index in [1.165, 1.54) is 0 Å². The Morgan fingerprint density at radius 2 is 2.29 bits per heavy atom. The van der Waals surface area contributed by atoms with Gasteiger partial charge in [0.2, 0.25) is 0 Å². The highest BCUT2D eigenvalue weighted by Gasteiger charge is 2.02. The SMILES string of the molecule is C=Cc1ccc(-c2nc(C)n[nH]2)nc1. The molecule has 2 heterocycles. The van der Waals surface area contributed by atoms with Crippen LogP contribution >= 0.6 is 0 Å². The van der Waals surface area contributed by atoms with Gasteiger partial charge in [-0.15, -0.1) is 0 Å². The van der Waals surface area contributed by atoms with Gasteiger partial charge in [-0.3, -0.25) is 10.1 Å². The molecule has 1 N–H and O–H groups in total. The van der Waals surface area contributed by atoms with E-state index in [0.29, 0.717) is 5.82 Å². The molecule has 2 aromatic rings. The van der Waals surface area contributed by atoms with Crippen molar-refractivity contribution in [1.82, 2.24) is 20.2 Å². The minimum atomic E-state index is 0.693. The molecule has 0 aliphatic carbocycles. The average Bonchev–Trinajstić information content (AvgIpc) is 2.65. The van der Waals surface area contributed by atoms with Crippen LogP contribution in [-0.2, 0) is 0 Å². The smallest absolute Gasteiger partial charge is 0.174 e. The maximum Gasteiger partial charge on any atom is 0.174 e. The van der Waals surface area contributed by atoms with Crippen LogP contribution in [0.1, 0.15) is 11.4 Å². The maximum atomic E-state index is 4.23. The molecule has 14 heavy (non-hydrogen) atoms. The molecule has 0 radical (unpaired) electrons. The van der Waals surface area contributed by atoms with Gasteiger partial charge < -0.3 is 0 Å². The number of hydrogen-bond donors (Lipinski definition) is 1. The van der Waals surface area contributed by atoms with E-state index in [1.54, 1.807) is 12.3 Å². The number of aryl methyl sites for hydroxylation is 1. The summed E-state index contributed by atoms with van der Waals surface area (Å²) in [6, 6.07) is 3.82. The molecule has 0 aliphatic rings. The lowest BCUT2D eigenvalue weighted by atomic mass is 10.2. The molecule has 2 aromatic heterocycles. The van der Waals surface area contributed by atoms with Crippen molar-refractivity contribution in [3.63, 3.8) is 0 Å². The Bertz CT molecular complexity index is 441. The van der Waals surface area contributed by atoms with Gasteiger partial charge >= 0.3 is 0 Å². The zero-order valence-electron chi connectivity index (χ0n) is 7.86. The lowest BCUT2D eigenvalue weighted by Crippen LogP contribution is -1.86. The van der Waals surface area contributed by atoms with E-state index >= 15 is 0 Å². The summed E-state index contributed by atoms with van der Waals surface area (Å²) in [4.78, 5) is 8.41. The highest BCUT2D eigenvalue weighted by atomic mass is 15.2. The first-order valence-electron chi connectivity index (χ1n) is 4.27. The summed E-state index contributed by atoms with van der Waals surface area (Å²) < 4.78 is 0. The van der Waals surface area contributed by atoms with Crippen LogP contribution in [0.4, 0.5) is 0 Å². The van der Waals surface area contributed by atoms with E-state index in [0.717, 1.165) is 17.1 Å². The van der Waals surface area contributed by atoms with Gasteiger partial charge in [0.05, 0.1) is 0 Å². The summed E-state index contributed by atoms with van der Waals surface area (Å²) in [5.74, 6) is 1.41. The predicted octanol–water partition coefficient (Wildman–Crippen LogP) is 1.82. The monoisotopic (exact) mass is 186 g/mol. The van der Waals surface area contributed by atoms with Gasteiger partial charge in [-0.2, -0.15) is 5.10 Å². The first-order chi connectivity index (χ1) is 6.79. The number of aromatic nitrogens is 4. The molecule has 0 saturated carbocycles. The lowest BCUT2D eigenvalue weighted by Gasteiger charge is -1.95. The van der Waals surface area contributed by atoms with Crippen LogP contribution in [0.15, 0.2) is 24.9 Å². The minimum Gasteiger partial charge on any atom is -0.258 e. The van der Waals surface area contributed by atoms with Crippen LogP contribution in [0.5, 0.6) is 0 Å². The third kappa shape index (κ3) is 1.54. The van der Waals surface area contributed by atoms with Crippen LogP contribution in [0, 0.1) is 6.92 Å². The second kappa shape index (κ2) is 3.41. The molecule has 70 valence electrons. The summed E-state index contributed by atoms with van der Waals surface area (Å²) in [6.45, 7) is 5.49. The van der Waals surface area contributed by atoms with Gasteiger partial charge in [-0.1, -0.05) is 18.7 Å². The molecule has 0 atom stereocenters. The molecule has 0 saturated heterocycles. The zero-order valence-corrected chi connectivity index (χ0v) is 7.86. The molecule has 0 aromatic carbocycles. The molecule has 0 amide bonds. The van der Waals surface area contributed by atoms with Gasteiger partial charge in [0.1, 0.15) is 11.5 Å². The molecule has 0 spiro atoms. The third-order valence-electron chi connectivity index (χ3n) is 1.86.